The molecule has 0 atom stereocenters. The van der Waals surface area contributed by atoms with E-state index >= 15 is 0 Å². The highest BCUT2D eigenvalue weighted by molar-refractivity contribution is 6.13. The summed E-state index contributed by atoms with van der Waals surface area (Å²) in [6.45, 7) is 6.45. The van der Waals surface area contributed by atoms with Gasteiger partial charge in [0, 0.05) is 6.54 Å². The molecule has 9 heavy (non-hydrogen) atoms. The van der Waals surface area contributed by atoms with E-state index in [0.717, 1.165) is 19.8 Å². The fourth-order valence-electron chi connectivity index (χ4n) is 0.839. The highest BCUT2D eigenvalue weighted by Crippen LogP contribution is 2.20. The molecule has 0 aromatic carbocycles. The lowest BCUT2D eigenvalue weighted by Gasteiger charge is -2.36. The molecule has 0 aromatic heterocycles. The Morgan fingerprint density at radius 3 is 2.56 bits per heavy atom. The summed E-state index contributed by atoms with van der Waals surface area (Å²) in [6, 6.07) is 0. The summed E-state index contributed by atoms with van der Waals surface area (Å²) < 4.78 is 7.03. The van der Waals surface area contributed by atoms with Gasteiger partial charge in [0.25, 0.3) is 0 Å². The van der Waals surface area contributed by atoms with Gasteiger partial charge in [-0.1, -0.05) is 0 Å². The third-order valence-electron chi connectivity index (χ3n) is 1.54. The van der Waals surface area contributed by atoms with Crippen LogP contribution < -0.4 is 0 Å². The average molecular weight is 150 g/mol. The van der Waals surface area contributed by atoms with Gasteiger partial charge in [0.1, 0.15) is 0 Å². The van der Waals surface area contributed by atoms with Gasteiger partial charge in [-0.2, -0.15) is 0 Å². The van der Waals surface area contributed by atoms with Gasteiger partial charge in [0.05, 0.1) is 18.8 Å². The van der Waals surface area contributed by atoms with Gasteiger partial charge in [0.2, 0.25) is 0 Å². The van der Waals surface area contributed by atoms with Gasteiger partial charge in [-0.15, -0.1) is 0 Å². The molecule has 1 rings (SSSR count). The predicted octanol–water partition coefficient (Wildman–Crippen LogP) is 1.25. The standard InChI is InChI=1S/C6H12ClNO/c1-6(2)5-9-4-3-8(6)7/h3-5H2,1-2H3. The maximum atomic E-state index is 5.86. The van der Waals surface area contributed by atoms with E-state index in [1.807, 2.05) is 0 Å². The third kappa shape index (κ3) is 1.57. The number of nitrogens with zero attached hydrogens (tertiary/aromatic N) is 1. The normalized spacial score (nSPS) is 28.3. The van der Waals surface area contributed by atoms with E-state index in [4.69, 9.17) is 16.5 Å². The van der Waals surface area contributed by atoms with Crippen molar-refractivity contribution < 1.29 is 4.74 Å². The number of rotatable bonds is 0. The summed E-state index contributed by atoms with van der Waals surface area (Å²) in [4.78, 5) is 0. The van der Waals surface area contributed by atoms with Crippen LogP contribution in [0.25, 0.3) is 0 Å². The van der Waals surface area contributed by atoms with Gasteiger partial charge in [-0.3, -0.25) is 0 Å². The molecular formula is C6H12ClNO. The molecule has 2 nitrogen and oxygen atoms in total. The number of hydrogen-bond donors (Lipinski definition) is 0. The first kappa shape index (κ1) is 7.32. The van der Waals surface area contributed by atoms with Crippen molar-refractivity contribution in [2.24, 2.45) is 0 Å². The molecule has 0 aliphatic carbocycles. The SMILES string of the molecule is CC1(C)COCCN1Cl. The van der Waals surface area contributed by atoms with Crippen LogP contribution >= 0.6 is 11.8 Å². The van der Waals surface area contributed by atoms with Crippen molar-refractivity contribution in [1.82, 2.24) is 4.42 Å². The van der Waals surface area contributed by atoms with Gasteiger partial charge in [-0.05, 0) is 25.6 Å². The fraction of sp³-hybridized carbons (Fsp3) is 1.00. The molecule has 1 aliphatic heterocycles. The molecule has 0 saturated carbocycles. The van der Waals surface area contributed by atoms with Gasteiger partial charge >= 0.3 is 0 Å². The van der Waals surface area contributed by atoms with Crippen molar-refractivity contribution in [3.05, 3.63) is 0 Å². The Balaban J connectivity index is 2.49. The summed E-state index contributed by atoms with van der Waals surface area (Å²) in [7, 11) is 0. The van der Waals surface area contributed by atoms with Gasteiger partial charge in [0.15, 0.2) is 0 Å². The van der Waals surface area contributed by atoms with Crippen LogP contribution in [0.1, 0.15) is 13.8 Å². The van der Waals surface area contributed by atoms with Crippen LogP contribution in [0.4, 0.5) is 0 Å². The maximum Gasteiger partial charge on any atom is 0.0658 e. The van der Waals surface area contributed by atoms with Crippen LogP contribution in [0.5, 0.6) is 0 Å². The van der Waals surface area contributed by atoms with E-state index in [9.17, 15) is 0 Å². The molecule has 0 bridgehead atoms. The molecular weight excluding hydrogens is 138 g/mol. The second kappa shape index (κ2) is 2.45. The van der Waals surface area contributed by atoms with Crippen molar-refractivity contribution in [3.63, 3.8) is 0 Å². The van der Waals surface area contributed by atoms with Crippen LogP contribution in [0.2, 0.25) is 0 Å². The Labute approximate surface area is 60.8 Å². The van der Waals surface area contributed by atoms with Crippen LogP contribution in [-0.4, -0.2) is 29.7 Å². The summed E-state index contributed by atoms with van der Waals surface area (Å²) in [6.07, 6.45) is 0. The van der Waals surface area contributed by atoms with E-state index in [1.54, 1.807) is 4.42 Å². The first-order valence-corrected chi connectivity index (χ1v) is 3.48. The number of halogens is 1. The molecule has 0 unspecified atom stereocenters. The second-order valence-corrected chi connectivity index (χ2v) is 3.36. The Kier molecular flexibility index (Phi) is 1.99. The first-order chi connectivity index (χ1) is 4.13. The maximum absolute atomic E-state index is 5.86. The lowest BCUT2D eigenvalue weighted by atomic mass is 10.1. The fourth-order valence-corrected chi connectivity index (χ4v) is 0.957. The van der Waals surface area contributed by atoms with E-state index in [0.29, 0.717) is 0 Å². The lowest BCUT2D eigenvalue weighted by molar-refractivity contribution is -0.00688. The predicted molar refractivity (Wildman–Crippen MR) is 37.5 cm³/mol. The Hall–Kier alpha value is 0.210. The molecule has 0 spiro atoms. The molecule has 1 aliphatic rings. The molecule has 0 aromatic rings. The quantitative estimate of drug-likeness (QED) is 0.481. The third-order valence-corrected chi connectivity index (χ3v) is 2.17. The number of morpholine rings is 1. The number of hydrogen-bond acceptors (Lipinski definition) is 2. The van der Waals surface area contributed by atoms with Crippen molar-refractivity contribution >= 4 is 11.8 Å². The average Bonchev–Trinajstić information content (AvgIpc) is 1.77. The smallest absolute Gasteiger partial charge is 0.0658 e. The molecule has 0 N–H and O–H groups in total. The second-order valence-electron chi connectivity index (χ2n) is 2.95. The minimum absolute atomic E-state index is 0.0137. The van der Waals surface area contributed by atoms with E-state index in [1.165, 1.54) is 0 Å². The van der Waals surface area contributed by atoms with Crippen LogP contribution in [0.3, 0.4) is 0 Å². The Morgan fingerprint density at radius 2 is 2.22 bits per heavy atom. The molecule has 1 heterocycles. The molecule has 1 fully saturated rings. The van der Waals surface area contributed by atoms with Crippen LogP contribution in [0, 0.1) is 0 Å². The van der Waals surface area contributed by atoms with E-state index in [2.05, 4.69) is 13.8 Å². The van der Waals surface area contributed by atoms with Crippen LogP contribution in [0.15, 0.2) is 0 Å². The topological polar surface area (TPSA) is 12.5 Å². The largest absolute Gasteiger partial charge is 0.378 e. The van der Waals surface area contributed by atoms with E-state index < -0.39 is 0 Å². The lowest BCUT2D eigenvalue weighted by Crippen LogP contribution is -2.47. The molecule has 0 radical (unpaired) electrons. The Bertz CT molecular complexity index is 105. The van der Waals surface area contributed by atoms with Gasteiger partial charge in [-0.25, -0.2) is 4.42 Å². The summed E-state index contributed by atoms with van der Waals surface area (Å²) >= 11 is 5.86. The Morgan fingerprint density at radius 1 is 1.56 bits per heavy atom. The number of ether oxygens (including phenoxy) is 1. The zero-order valence-corrected chi connectivity index (χ0v) is 6.61. The highest BCUT2D eigenvalue weighted by atomic mass is 35.5. The van der Waals surface area contributed by atoms with Gasteiger partial charge < -0.3 is 4.74 Å². The molecule has 3 heteroatoms. The zero-order valence-electron chi connectivity index (χ0n) is 5.85. The summed E-state index contributed by atoms with van der Waals surface area (Å²) in [5, 5.41) is 0. The monoisotopic (exact) mass is 149 g/mol. The summed E-state index contributed by atoms with van der Waals surface area (Å²) in [5.74, 6) is 0. The van der Waals surface area contributed by atoms with Crippen molar-refractivity contribution in [3.8, 4) is 0 Å². The van der Waals surface area contributed by atoms with Crippen molar-refractivity contribution in [2.75, 3.05) is 19.8 Å². The van der Waals surface area contributed by atoms with Crippen molar-refractivity contribution in [2.45, 2.75) is 19.4 Å². The minimum atomic E-state index is 0.0137. The molecule has 0 amide bonds. The minimum Gasteiger partial charge on any atom is -0.378 e. The highest BCUT2D eigenvalue weighted by Gasteiger charge is 2.28. The molecule has 1 saturated heterocycles. The molecule has 54 valence electrons. The first-order valence-electron chi connectivity index (χ1n) is 3.14. The van der Waals surface area contributed by atoms with Crippen LogP contribution in [-0.2, 0) is 4.74 Å². The van der Waals surface area contributed by atoms with Crippen molar-refractivity contribution in [1.29, 1.82) is 0 Å². The van der Waals surface area contributed by atoms with E-state index in [-0.39, 0.29) is 5.54 Å². The zero-order chi connectivity index (χ0) is 6.91. The summed E-state index contributed by atoms with van der Waals surface area (Å²) in [5.41, 5.74) is 0.0137.